The van der Waals surface area contributed by atoms with Crippen molar-refractivity contribution in [1.29, 1.82) is 0 Å². The van der Waals surface area contributed by atoms with Crippen molar-refractivity contribution in [2.75, 3.05) is 13.7 Å². The van der Waals surface area contributed by atoms with E-state index in [4.69, 9.17) is 4.74 Å². The van der Waals surface area contributed by atoms with Crippen LogP contribution in [0.2, 0.25) is 0 Å². The number of hydrogen-bond acceptors (Lipinski definition) is 2. The summed E-state index contributed by atoms with van der Waals surface area (Å²) in [6.07, 6.45) is 2.17. The van der Waals surface area contributed by atoms with Gasteiger partial charge in [0.1, 0.15) is 5.75 Å². The molecule has 1 aliphatic carbocycles. The molecule has 1 fully saturated rings. The lowest BCUT2D eigenvalue weighted by Crippen LogP contribution is -2.41. The largest absolute Gasteiger partial charge is 0.497 e. The second-order valence-corrected chi connectivity index (χ2v) is 5.91. The van der Waals surface area contributed by atoms with Crippen LogP contribution >= 0.6 is 0 Å². The van der Waals surface area contributed by atoms with Crippen LogP contribution in [0.4, 0.5) is 8.78 Å². The van der Waals surface area contributed by atoms with Gasteiger partial charge in [0.2, 0.25) is 5.92 Å². The Balaban J connectivity index is 1.98. The Morgan fingerprint density at radius 1 is 1.24 bits per heavy atom. The molecule has 2 nitrogen and oxygen atoms in total. The summed E-state index contributed by atoms with van der Waals surface area (Å²) < 4.78 is 31.8. The van der Waals surface area contributed by atoms with Gasteiger partial charge in [-0.1, -0.05) is 19.1 Å². The molecule has 0 spiro atoms. The fourth-order valence-electron chi connectivity index (χ4n) is 3.15. The van der Waals surface area contributed by atoms with Crippen LogP contribution in [0.15, 0.2) is 24.3 Å². The van der Waals surface area contributed by atoms with Gasteiger partial charge in [-0.05, 0) is 49.4 Å². The van der Waals surface area contributed by atoms with Crippen LogP contribution in [0.1, 0.15) is 38.2 Å². The highest BCUT2D eigenvalue weighted by Crippen LogP contribution is 2.38. The van der Waals surface area contributed by atoms with E-state index in [2.05, 4.69) is 24.4 Å². The van der Waals surface area contributed by atoms with Crippen molar-refractivity contribution in [1.82, 2.24) is 5.32 Å². The molecule has 1 atom stereocenters. The third-order valence-electron chi connectivity index (χ3n) is 4.41. The van der Waals surface area contributed by atoms with E-state index in [1.807, 2.05) is 12.1 Å². The van der Waals surface area contributed by atoms with Crippen molar-refractivity contribution < 1.29 is 13.5 Å². The molecule has 1 aliphatic rings. The van der Waals surface area contributed by atoms with E-state index in [9.17, 15) is 8.78 Å². The van der Waals surface area contributed by atoms with E-state index in [0.717, 1.165) is 18.7 Å². The minimum absolute atomic E-state index is 0.0299. The van der Waals surface area contributed by atoms with Crippen molar-refractivity contribution >= 4 is 0 Å². The van der Waals surface area contributed by atoms with Crippen LogP contribution < -0.4 is 10.1 Å². The molecule has 0 aliphatic heterocycles. The summed E-state index contributed by atoms with van der Waals surface area (Å²) in [5.74, 6) is -1.27. The lowest BCUT2D eigenvalue weighted by molar-refractivity contribution is -0.0494. The Kier molecular flexibility index (Phi) is 5.57. The van der Waals surface area contributed by atoms with E-state index in [1.54, 1.807) is 7.11 Å². The third kappa shape index (κ3) is 4.67. The van der Waals surface area contributed by atoms with Crippen molar-refractivity contribution in [3.05, 3.63) is 29.8 Å². The fourth-order valence-corrected chi connectivity index (χ4v) is 3.15. The number of benzene rings is 1. The zero-order chi connectivity index (χ0) is 15.3. The second-order valence-electron chi connectivity index (χ2n) is 5.91. The number of likely N-dealkylation sites (N-methyl/N-ethyl adjacent to an activating group) is 1. The lowest BCUT2D eigenvalue weighted by atomic mass is 9.80. The van der Waals surface area contributed by atoms with Crippen molar-refractivity contribution in [2.24, 2.45) is 5.92 Å². The molecule has 1 unspecified atom stereocenters. The Morgan fingerprint density at radius 3 is 2.38 bits per heavy atom. The van der Waals surface area contributed by atoms with Gasteiger partial charge in [-0.25, -0.2) is 8.78 Å². The minimum atomic E-state index is -2.45. The Labute approximate surface area is 125 Å². The number of methoxy groups -OCH3 is 1. The number of nitrogens with one attached hydrogen (secondary N) is 1. The molecule has 0 radical (unpaired) electrons. The molecule has 0 amide bonds. The number of hydrogen-bond donors (Lipinski definition) is 1. The maximum atomic E-state index is 13.3. The number of rotatable bonds is 6. The summed E-state index contributed by atoms with van der Waals surface area (Å²) >= 11 is 0. The van der Waals surface area contributed by atoms with Gasteiger partial charge in [0.15, 0.2) is 0 Å². The molecule has 0 heterocycles. The first kappa shape index (κ1) is 16.2. The first-order valence-electron chi connectivity index (χ1n) is 7.78. The second kappa shape index (κ2) is 7.21. The van der Waals surface area contributed by atoms with Crippen molar-refractivity contribution in [3.8, 4) is 5.75 Å². The van der Waals surface area contributed by atoms with Crippen molar-refractivity contribution in [3.63, 3.8) is 0 Å². The SMILES string of the molecule is CCNC(Cc1ccc(OC)cc1)C1CCC(F)(F)CC1. The highest BCUT2D eigenvalue weighted by molar-refractivity contribution is 5.27. The summed E-state index contributed by atoms with van der Waals surface area (Å²) in [7, 11) is 1.65. The molecule has 118 valence electrons. The van der Waals surface area contributed by atoms with Gasteiger partial charge < -0.3 is 10.1 Å². The average Bonchev–Trinajstić information content (AvgIpc) is 2.48. The van der Waals surface area contributed by atoms with Crippen LogP contribution in [0.25, 0.3) is 0 Å². The molecule has 0 aromatic heterocycles. The maximum Gasteiger partial charge on any atom is 0.248 e. The monoisotopic (exact) mass is 297 g/mol. The summed E-state index contributed by atoms with van der Waals surface area (Å²) in [4.78, 5) is 0. The van der Waals surface area contributed by atoms with Crippen LogP contribution in [0.3, 0.4) is 0 Å². The van der Waals surface area contributed by atoms with Crippen molar-refractivity contribution in [2.45, 2.75) is 51.0 Å². The van der Waals surface area contributed by atoms with Gasteiger partial charge in [0, 0.05) is 18.9 Å². The molecule has 0 bridgehead atoms. The summed E-state index contributed by atoms with van der Waals surface area (Å²) in [5, 5.41) is 3.48. The Bertz CT molecular complexity index is 423. The van der Waals surface area contributed by atoms with Crippen LogP contribution in [-0.2, 0) is 6.42 Å². The summed E-state index contributed by atoms with van der Waals surface area (Å²) in [6, 6.07) is 8.29. The Morgan fingerprint density at radius 2 is 1.86 bits per heavy atom. The number of halogens is 2. The molecular weight excluding hydrogens is 272 g/mol. The quantitative estimate of drug-likeness (QED) is 0.855. The zero-order valence-corrected chi connectivity index (χ0v) is 12.9. The predicted molar refractivity (Wildman–Crippen MR) is 81.1 cm³/mol. The topological polar surface area (TPSA) is 21.3 Å². The molecule has 2 rings (SSSR count). The van der Waals surface area contributed by atoms with E-state index in [0.29, 0.717) is 18.8 Å². The standard InChI is InChI=1S/C17H25F2NO/c1-3-20-16(14-8-10-17(18,19)11-9-14)12-13-4-6-15(21-2)7-5-13/h4-7,14,16,20H,3,8-12H2,1-2H3. The van der Waals surface area contributed by atoms with Gasteiger partial charge in [0.25, 0.3) is 0 Å². The molecule has 1 aromatic rings. The predicted octanol–water partition coefficient (Wildman–Crippen LogP) is 4.04. The molecule has 1 N–H and O–H groups in total. The highest BCUT2D eigenvalue weighted by atomic mass is 19.3. The summed E-state index contributed by atoms with van der Waals surface area (Å²) in [5.41, 5.74) is 1.22. The zero-order valence-electron chi connectivity index (χ0n) is 12.9. The first-order valence-corrected chi connectivity index (χ1v) is 7.78. The van der Waals surface area contributed by atoms with Gasteiger partial charge in [-0.3, -0.25) is 0 Å². The van der Waals surface area contributed by atoms with E-state index in [-0.39, 0.29) is 18.9 Å². The number of ether oxygens (including phenoxy) is 1. The van der Waals surface area contributed by atoms with Crippen LogP contribution in [-0.4, -0.2) is 25.6 Å². The smallest absolute Gasteiger partial charge is 0.248 e. The highest BCUT2D eigenvalue weighted by Gasteiger charge is 2.37. The fraction of sp³-hybridized carbons (Fsp3) is 0.647. The molecular formula is C17H25F2NO. The Hall–Kier alpha value is -1.16. The molecule has 0 saturated heterocycles. The van der Waals surface area contributed by atoms with Gasteiger partial charge >= 0.3 is 0 Å². The lowest BCUT2D eigenvalue weighted by Gasteiger charge is -2.34. The molecule has 4 heteroatoms. The molecule has 21 heavy (non-hydrogen) atoms. The average molecular weight is 297 g/mol. The normalized spacial score (nSPS) is 20.2. The van der Waals surface area contributed by atoms with E-state index >= 15 is 0 Å². The van der Waals surface area contributed by atoms with Crippen LogP contribution in [0.5, 0.6) is 5.75 Å². The van der Waals surface area contributed by atoms with E-state index in [1.165, 1.54) is 5.56 Å². The first-order chi connectivity index (χ1) is 10.0. The molecule has 1 saturated carbocycles. The third-order valence-corrected chi connectivity index (χ3v) is 4.41. The minimum Gasteiger partial charge on any atom is -0.497 e. The summed E-state index contributed by atoms with van der Waals surface area (Å²) in [6.45, 7) is 2.94. The van der Waals surface area contributed by atoms with E-state index < -0.39 is 5.92 Å². The van der Waals surface area contributed by atoms with Crippen LogP contribution in [0, 0.1) is 5.92 Å². The maximum absolute atomic E-state index is 13.3. The molecule has 1 aromatic carbocycles. The van der Waals surface area contributed by atoms with Gasteiger partial charge in [-0.15, -0.1) is 0 Å². The van der Waals surface area contributed by atoms with Gasteiger partial charge in [0.05, 0.1) is 7.11 Å². The van der Waals surface area contributed by atoms with Gasteiger partial charge in [-0.2, -0.15) is 0 Å². The number of alkyl halides is 2.